The fourth-order valence-corrected chi connectivity index (χ4v) is 3.35. The van der Waals surface area contributed by atoms with Gasteiger partial charge in [-0.2, -0.15) is 0 Å². The van der Waals surface area contributed by atoms with Gasteiger partial charge in [0.05, 0.1) is 12.2 Å². The van der Waals surface area contributed by atoms with E-state index in [9.17, 15) is 0 Å². The van der Waals surface area contributed by atoms with E-state index < -0.39 is 0 Å². The van der Waals surface area contributed by atoms with Gasteiger partial charge in [-0.25, -0.2) is 4.98 Å². The number of guanidine groups is 1. The summed E-state index contributed by atoms with van der Waals surface area (Å²) in [6.45, 7) is 2.56. The van der Waals surface area contributed by atoms with Gasteiger partial charge in [0.25, 0.3) is 0 Å². The van der Waals surface area contributed by atoms with Gasteiger partial charge in [0.15, 0.2) is 5.96 Å². The molecular weight excluding hydrogens is 360 g/mol. The van der Waals surface area contributed by atoms with Crippen molar-refractivity contribution in [2.75, 3.05) is 44.0 Å². The van der Waals surface area contributed by atoms with Crippen molar-refractivity contribution in [3.8, 4) is 0 Å². The van der Waals surface area contributed by atoms with Crippen LogP contribution in [0.15, 0.2) is 47.5 Å². The van der Waals surface area contributed by atoms with Gasteiger partial charge in [0, 0.05) is 51.0 Å². The third-order valence-corrected chi connectivity index (χ3v) is 4.85. The highest BCUT2D eigenvalue weighted by atomic mass is 35.5. The van der Waals surface area contributed by atoms with E-state index in [1.54, 1.807) is 7.05 Å². The predicted octanol–water partition coefficient (Wildman–Crippen LogP) is 2.74. The third-order valence-electron chi connectivity index (χ3n) is 4.61. The van der Waals surface area contributed by atoms with Crippen LogP contribution < -0.4 is 20.4 Å². The Bertz CT molecular complexity index is 792. The van der Waals surface area contributed by atoms with Gasteiger partial charge >= 0.3 is 0 Å². The van der Waals surface area contributed by atoms with Crippen molar-refractivity contribution >= 4 is 29.1 Å². The first-order valence-corrected chi connectivity index (χ1v) is 9.54. The molecule has 1 atom stereocenters. The van der Waals surface area contributed by atoms with Crippen LogP contribution in [-0.4, -0.2) is 51.2 Å². The smallest absolute Gasteiger partial charge is 0.191 e. The van der Waals surface area contributed by atoms with Crippen LogP contribution in [0.1, 0.15) is 12.1 Å². The van der Waals surface area contributed by atoms with Crippen molar-refractivity contribution in [1.29, 1.82) is 0 Å². The van der Waals surface area contributed by atoms with Gasteiger partial charge < -0.3 is 20.4 Å². The molecule has 1 fully saturated rings. The number of hydrogen-bond donors (Lipinski definition) is 2. The maximum atomic E-state index is 6.12. The van der Waals surface area contributed by atoms with Crippen molar-refractivity contribution in [3.05, 3.63) is 53.2 Å². The van der Waals surface area contributed by atoms with Crippen molar-refractivity contribution in [2.24, 2.45) is 4.99 Å². The third kappa shape index (κ3) is 5.26. The first-order valence-electron chi connectivity index (χ1n) is 9.16. The molecule has 1 aliphatic rings. The van der Waals surface area contributed by atoms with Gasteiger partial charge in [-0.1, -0.05) is 23.7 Å². The highest BCUT2D eigenvalue weighted by Gasteiger charge is 2.23. The SMILES string of the molecule is CN=C(NCc1cccc(N(C)C)n1)NC1CCN(c2cccc(Cl)c2)C1. The fourth-order valence-electron chi connectivity index (χ4n) is 3.16. The molecule has 1 unspecified atom stereocenters. The van der Waals surface area contributed by atoms with Crippen LogP contribution in [-0.2, 0) is 6.54 Å². The number of benzene rings is 1. The Morgan fingerprint density at radius 1 is 1.30 bits per heavy atom. The van der Waals surface area contributed by atoms with Gasteiger partial charge in [0.2, 0.25) is 0 Å². The molecule has 1 aromatic heterocycles. The lowest BCUT2D eigenvalue weighted by Gasteiger charge is -2.20. The zero-order valence-electron chi connectivity index (χ0n) is 16.1. The largest absolute Gasteiger partial charge is 0.369 e. The zero-order chi connectivity index (χ0) is 19.2. The molecule has 1 saturated heterocycles. The Morgan fingerprint density at radius 3 is 2.85 bits per heavy atom. The molecule has 2 heterocycles. The van der Waals surface area contributed by atoms with Crippen molar-refractivity contribution in [1.82, 2.24) is 15.6 Å². The summed E-state index contributed by atoms with van der Waals surface area (Å²) in [7, 11) is 5.78. The Kier molecular flexibility index (Phi) is 6.40. The number of nitrogens with one attached hydrogen (secondary N) is 2. The normalized spacial score (nSPS) is 17.1. The first kappa shape index (κ1) is 19.3. The quantitative estimate of drug-likeness (QED) is 0.611. The summed E-state index contributed by atoms with van der Waals surface area (Å²) in [4.78, 5) is 13.3. The predicted molar refractivity (Wildman–Crippen MR) is 114 cm³/mol. The number of nitrogens with zero attached hydrogens (tertiary/aromatic N) is 4. The molecule has 0 radical (unpaired) electrons. The number of halogens is 1. The van der Waals surface area contributed by atoms with E-state index in [1.807, 2.05) is 55.4 Å². The highest BCUT2D eigenvalue weighted by molar-refractivity contribution is 6.30. The van der Waals surface area contributed by atoms with E-state index in [4.69, 9.17) is 11.6 Å². The summed E-state index contributed by atoms with van der Waals surface area (Å²) >= 11 is 6.12. The lowest BCUT2D eigenvalue weighted by molar-refractivity contribution is 0.647. The van der Waals surface area contributed by atoms with Crippen LogP contribution in [0.4, 0.5) is 11.5 Å². The molecule has 27 heavy (non-hydrogen) atoms. The van der Waals surface area contributed by atoms with Crippen LogP contribution in [0.2, 0.25) is 5.02 Å². The molecule has 0 aliphatic carbocycles. The van der Waals surface area contributed by atoms with E-state index in [0.717, 1.165) is 42.0 Å². The molecule has 0 saturated carbocycles. The molecule has 0 spiro atoms. The molecule has 0 bridgehead atoms. The monoisotopic (exact) mass is 386 g/mol. The van der Waals surface area contributed by atoms with E-state index in [0.29, 0.717) is 12.6 Å². The molecule has 3 rings (SSSR count). The fraction of sp³-hybridized carbons (Fsp3) is 0.400. The molecular formula is C20H27ClN6. The van der Waals surface area contributed by atoms with Gasteiger partial charge in [-0.15, -0.1) is 0 Å². The summed E-state index contributed by atoms with van der Waals surface area (Å²) in [6, 6.07) is 14.4. The lowest BCUT2D eigenvalue weighted by Crippen LogP contribution is -2.44. The van der Waals surface area contributed by atoms with E-state index in [1.165, 1.54) is 5.69 Å². The summed E-state index contributed by atoms with van der Waals surface area (Å²) in [6.07, 6.45) is 1.06. The maximum Gasteiger partial charge on any atom is 0.191 e. The Hall–Kier alpha value is -2.47. The molecule has 1 aliphatic heterocycles. The molecule has 1 aromatic carbocycles. The topological polar surface area (TPSA) is 55.8 Å². The minimum absolute atomic E-state index is 0.344. The summed E-state index contributed by atoms with van der Waals surface area (Å²) in [5.74, 6) is 1.75. The standard InChI is InChI=1S/C20H27ClN6/c1-22-20(23-13-16-7-5-9-19(24-16)26(2)3)25-17-10-11-27(14-17)18-8-4-6-15(21)12-18/h4-9,12,17H,10-11,13-14H2,1-3H3,(H2,22,23,25). The molecule has 0 amide bonds. The molecule has 2 N–H and O–H groups in total. The number of aromatic nitrogens is 1. The van der Waals surface area contributed by atoms with E-state index in [-0.39, 0.29) is 0 Å². The van der Waals surface area contributed by atoms with E-state index in [2.05, 4.69) is 31.6 Å². The molecule has 2 aromatic rings. The minimum Gasteiger partial charge on any atom is -0.369 e. The second-order valence-electron chi connectivity index (χ2n) is 6.86. The average Bonchev–Trinajstić information content (AvgIpc) is 3.14. The molecule has 6 nitrogen and oxygen atoms in total. The van der Waals surface area contributed by atoms with Crippen molar-refractivity contribution in [3.63, 3.8) is 0 Å². The summed E-state index contributed by atoms with van der Waals surface area (Å²) in [5.41, 5.74) is 2.15. The Morgan fingerprint density at radius 2 is 2.11 bits per heavy atom. The first-order chi connectivity index (χ1) is 13.0. The second-order valence-corrected chi connectivity index (χ2v) is 7.30. The maximum absolute atomic E-state index is 6.12. The van der Waals surface area contributed by atoms with Gasteiger partial charge in [-0.05, 0) is 36.8 Å². The molecule has 7 heteroatoms. The number of aliphatic imine (C=N–C) groups is 1. The van der Waals surface area contributed by atoms with Crippen molar-refractivity contribution < 1.29 is 0 Å². The van der Waals surface area contributed by atoms with Crippen LogP contribution in [0.25, 0.3) is 0 Å². The average molecular weight is 387 g/mol. The number of rotatable bonds is 5. The number of pyridine rings is 1. The van der Waals surface area contributed by atoms with Crippen LogP contribution in [0, 0.1) is 0 Å². The lowest BCUT2D eigenvalue weighted by atomic mass is 10.2. The van der Waals surface area contributed by atoms with Crippen molar-refractivity contribution in [2.45, 2.75) is 19.0 Å². The molecule has 144 valence electrons. The Labute approximate surface area is 166 Å². The number of anilines is 2. The van der Waals surface area contributed by atoms with Crippen LogP contribution in [0.3, 0.4) is 0 Å². The summed E-state index contributed by atoms with van der Waals surface area (Å²) in [5, 5.41) is 7.65. The zero-order valence-corrected chi connectivity index (χ0v) is 16.9. The summed E-state index contributed by atoms with van der Waals surface area (Å²) < 4.78 is 0. The van der Waals surface area contributed by atoms with Crippen LogP contribution >= 0.6 is 11.6 Å². The van der Waals surface area contributed by atoms with Gasteiger partial charge in [-0.3, -0.25) is 4.99 Å². The van der Waals surface area contributed by atoms with Crippen LogP contribution in [0.5, 0.6) is 0 Å². The highest BCUT2D eigenvalue weighted by Crippen LogP contribution is 2.23. The van der Waals surface area contributed by atoms with Gasteiger partial charge in [0.1, 0.15) is 5.82 Å². The number of hydrogen-bond acceptors (Lipinski definition) is 4. The minimum atomic E-state index is 0.344. The van der Waals surface area contributed by atoms with E-state index >= 15 is 0 Å². The Balaban J connectivity index is 1.53. The second kappa shape index (κ2) is 8.95.